The molecule has 0 spiro atoms. The molecule has 4 heterocycles. The average molecular weight is 505 g/mol. The molecule has 3 aromatic heterocycles. The molecule has 1 unspecified atom stereocenters. The van der Waals surface area contributed by atoms with Crippen LogP contribution in [0.2, 0.25) is 5.02 Å². The topological polar surface area (TPSA) is 131 Å². The number of aromatic nitrogens is 6. The Kier molecular flexibility index (Phi) is 5.86. The van der Waals surface area contributed by atoms with Crippen molar-refractivity contribution in [2.75, 3.05) is 13.2 Å². The highest BCUT2D eigenvalue weighted by Gasteiger charge is 2.37. The van der Waals surface area contributed by atoms with Gasteiger partial charge in [-0.15, -0.1) is 0 Å². The molecule has 0 saturated carbocycles. The SMILES string of the molecule is OCC1OC[C@@H](Oc2nc3nc(-c4ccc(-c5ccc(-n6nccn6)cc5)cc4)c(Cl)cc3[nH]2)[C@@H]1O. The van der Waals surface area contributed by atoms with Crippen LogP contribution in [0.4, 0.5) is 0 Å². The molecule has 11 heteroatoms. The van der Waals surface area contributed by atoms with Gasteiger partial charge in [0.25, 0.3) is 6.01 Å². The van der Waals surface area contributed by atoms with Crippen LogP contribution in [0.15, 0.2) is 67.0 Å². The van der Waals surface area contributed by atoms with Crippen LogP contribution in [0.3, 0.4) is 0 Å². The lowest BCUT2D eigenvalue weighted by Gasteiger charge is -2.15. The molecule has 5 aromatic rings. The minimum absolute atomic E-state index is 0.151. The van der Waals surface area contributed by atoms with Crippen molar-refractivity contribution in [3.05, 3.63) is 72.0 Å². The highest BCUT2D eigenvalue weighted by atomic mass is 35.5. The summed E-state index contributed by atoms with van der Waals surface area (Å²) < 4.78 is 11.1. The van der Waals surface area contributed by atoms with Crippen molar-refractivity contribution in [1.82, 2.24) is 29.9 Å². The van der Waals surface area contributed by atoms with Crippen molar-refractivity contribution in [2.24, 2.45) is 0 Å². The lowest BCUT2D eigenvalue weighted by atomic mass is 10.0. The van der Waals surface area contributed by atoms with Crippen LogP contribution >= 0.6 is 11.6 Å². The van der Waals surface area contributed by atoms with Gasteiger partial charge in [0.05, 0.1) is 47.5 Å². The van der Waals surface area contributed by atoms with Gasteiger partial charge in [-0.05, 0) is 29.3 Å². The van der Waals surface area contributed by atoms with E-state index in [0.29, 0.717) is 21.9 Å². The van der Waals surface area contributed by atoms with Gasteiger partial charge in [0.2, 0.25) is 0 Å². The summed E-state index contributed by atoms with van der Waals surface area (Å²) in [6.45, 7) is -0.132. The number of benzene rings is 2. The number of imidazole rings is 1. The quantitative estimate of drug-likeness (QED) is 0.321. The average Bonchev–Trinajstić information content (AvgIpc) is 3.65. The number of nitrogens with one attached hydrogen (secondary N) is 1. The zero-order chi connectivity index (χ0) is 24.6. The number of nitrogens with zero attached hydrogens (tertiary/aromatic N) is 5. The van der Waals surface area contributed by atoms with E-state index in [9.17, 15) is 10.2 Å². The monoisotopic (exact) mass is 504 g/mol. The third kappa shape index (κ3) is 4.20. The van der Waals surface area contributed by atoms with Gasteiger partial charge in [0.15, 0.2) is 11.8 Å². The van der Waals surface area contributed by atoms with E-state index < -0.39 is 18.3 Å². The highest BCUT2D eigenvalue weighted by Crippen LogP contribution is 2.32. The van der Waals surface area contributed by atoms with E-state index >= 15 is 0 Å². The first-order valence-electron chi connectivity index (χ1n) is 11.3. The molecule has 182 valence electrons. The maximum absolute atomic E-state index is 10.2. The Morgan fingerprint density at radius 3 is 2.33 bits per heavy atom. The number of aromatic amines is 1. The Bertz CT molecular complexity index is 1490. The molecule has 10 nitrogen and oxygen atoms in total. The first-order chi connectivity index (χ1) is 17.6. The van der Waals surface area contributed by atoms with Gasteiger partial charge in [-0.3, -0.25) is 0 Å². The maximum Gasteiger partial charge on any atom is 0.296 e. The van der Waals surface area contributed by atoms with E-state index in [-0.39, 0.29) is 19.2 Å². The fraction of sp³-hybridized carbons (Fsp3) is 0.200. The molecule has 0 bridgehead atoms. The Labute approximate surface area is 210 Å². The lowest BCUT2D eigenvalue weighted by molar-refractivity contribution is -0.00390. The number of fused-ring (bicyclic) bond motifs is 1. The van der Waals surface area contributed by atoms with Gasteiger partial charge in [0, 0.05) is 5.56 Å². The van der Waals surface area contributed by atoms with Crippen LogP contribution in [0.25, 0.3) is 39.2 Å². The van der Waals surface area contributed by atoms with Crippen LogP contribution < -0.4 is 4.74 Å². The van der Waals surface area contributed by atoms with Crippen molar-refractivity contribution in [3.63, 3.8) is 0 Å². The first kappa shape index (κ1) is 22.6. The third-order valence-electron chi connectivity index (χ3n) is 6.09. The lowest BCUT2D eigenvalue weighted by Crippen LogP contribution is -2.36. The van der Waals surface area contributed by atoms with Crippen LogP contribution in [-0.4, -0.2) is 71.7 Å². The second-order valence-corrected chi connectivity index (χ2v) is 8.78. The number of pyridine rings is 1. The molecular weight excluding hydrogens is 484 g/mol. The van der Waals surface area contributed by atoms with E-state index in [2.05, 4.69) is 25.1 Å². The number of rotatable bonds is 6. The largest absolute Gasteiger partial charge is 0.456 e. The summed E-state index contributed by atoms with van der Waals surface area (Å²) in [6.07, 6.45) is 1.01. The summed E-state index contributed by atoms with van der Waals surface area (Å²) in [6, 6.07) is 17.9. The predicted molar refractivity (Wildman–Crippen MR) is 132 cm³/mol. The molecule has 0 amide bonds. The fourth-order valence-corrected chi connectivity index (χ4v) is 4.43. The number of aliphatic hydroxyl groups is 2. The molecule has 3 N–H and O–H groups in total. The van der Waals surface area contributed by atoms with Gasteiger partial charge < -0.3 is 24.7 Å². The van der Waals surface area contributed by atoms with E-state index in [4.69, 9.17) is 21.1 Å². The number of ether oxygens (including phenoxy) is 2. The summed E-state index contributed by atoms with van der Waals surface area (Å²) >= 11 is 6.55. The predicted octanol–water partition coefficient (Wildman–Crippen LogP) is 3.03. The first-order valence-corrected chi connectivity index (χ1v) is 11.7. The molecule has 36 heavy (non-hydrogen) atoms. The van der Waals surface area contributed by atoms with Crippen molar-refractivity contribution in [3.8, 4) is 34.1 Å². The van der Waals surface area contributed by atoms with Crippen LogP contribution in [-0.2, 0) is 4.74 Å². The highest BCUT2D eigenvalue weighted by molar-refractivity contribution is 6.33. The molecule has 6 rings (SSSR count). The zero-order valence-electron chi connectivity index (χ0n) is 18.8. The third-order valence-corrected chi connectivity index (χ3v) is 6.38. The van der Waals surface area contributed by atoms with Gasteiger partial charge in [-0.1, -0.05) is 48.0 Å². The molecule has 1 aliphatic heterocycles. The molecule has 1 saturated heterocycles. The molecule has 0 radical (unpaired) electrons. The van der Waals surface area contributed by atoms with Crippen molar-refractivity contribution in [1.29, 1.82) is 0 Å². The summed E-state index contributed by atoms with van der Waals surface area (Å²) in [5.74, 6) is 0. The number of aliphatic hydroxyl groups excluding tert-OH is 2. The fourth-order valence-electron chi connectivity index (χ4n) is 4.17. The molecule has 3 atom stereocenters. The van der Waals surface area contributed by atoms with Crippen molar-refractivity contribution in [2.45, 2.75) is 18.3 Å². The van der Waals surface area contributed by atoms with E-state index in [1.54, 1.807) is 23.3 Å². The number of hydrogen-bond acceptors (Lipinski definition) is 8. The summed E-state index contributed by atoms with van der Waals surface area (Å²) in [7, 11) is 0. The Hall–Kier alpha value is -3.83. The standard InChI is InChI=1S/C25H21ClN6O4/c26-18-11-19-24(31-25(29-19)36-21-13-35-20(12-33)23(21)34)30-22(18)16-3-1-14(2-4-16)15-5-7-17(8-6-15)32-27-9-10-28-32/h1-11,20-21,23,33-34H,12-13H2,(H,29,30,31)/t20?,21-,23-/m1/s1. The van der Waals surface area contributed by atoms with Gasteiger partial charge in [-0.25, -0.2) is 4.98 Å². The normalized spacial score (nSPS) is 19.7. The second-order valence-electron chi connectivity index (χ2n) is 8.38. The molecule has 1 aliphatic rings. The summed E-state index contributed by atoms with van der Waals surface area (Å²) in [4.78, 5) is 13.6. The number of H-pyrrole nitrogens is 1. The maximum atomic E-state index is 10.2. The van der Waals surface area contributed by atoms with E-state index in [0.717, 1.165) is 22.4 Å². The minimum Gasteiger partial charge on any atom is -0.456 e. The zero-order valence-corrected chi connectivity index (χ0v) is 19.6. The number of hydrogen-bond donors (Lipinski definition) is 3. The molecule has 1 fully saturated rings. The van der Waals surface area contributed by atoms with Crippen molar-refractivity contribution >= 4 is 22.8 Å². The van der Waals surface area contributed by atoms with Crippen molar-refractivity contribution < 1.29 is 19.7 Å². The molecular formula is C25H21ClN6O4. The van der Waals surface area contributed by atoms with E-state index in [1.807, 2.05) is 48.5 Å². The second kappa shape index (κ2) is 9.32. The summed E-state index contributed by atoms with van der Waals surface area (Å²) in [5.41, 5.74) is 5.47. The minimum atomic E-state index is -0.952. The smallest absolute Gasteiger partial charge is 0.296 e. The van der Waals surface area contributed by atoms with E-state index in [1.165, 1.54) is 0 Å². The Morgan fingerprint density at radius 2 is 1.67 bits per heavy atom. The Morgan fingerprint density at radius 1 is 1.00 bits per heavy atom. The van der Waals surface area contributed by atoms with Gasteiger partial charge >= 0.3 is 0 Å². The van der Waals surface area contributed by atoms with Crippen LogP contribution in [0.1, 0.15) is 0 Å². The summed E-state index contributed by atoms with van der Waals surface area (Å²) in [5, 5.41) is 28.2. The van der Waals surface area contributed by atoms with Crippen LogP contribution in [0.5, 0.6) is 6.01 Å². The Balaban J connectivity index is 1.22. The number of halogens is 1. The van der Waals surface area contributed by atoms with Crippen LogP contribution in [0, 0.1) is 0 Å². The van der Waals surface area contributed by atoms with Gasteiger partial charge in [-0.2, -0.15) is 20.0 Å². The molecule has 0 aliphatic carbocycles. The van der Waals surface area contributed by atoms with Gasteiger partial charge in [0.1, 0.15) is 12.2 Å². The molecule has 2 aromatic carbocycles.